The van der Waals surface area contributed by atoms with Crippen LogP contribution in [0.2, 0.25) is 0 Å². The molecule has 6 heterocycles. The normalized spacial score (nSPS) is 12.5. The number of nitrogens with zero attached hydrogens (tertiary/aromatic N) is 4. The number of benzene rings is 7. The number of rotatable bonds is 2. The van der Waals surface area contributed by atoms with E-state index in [9.17, 15) is 0 Å². The molecule has 0 radical (unpaired) electrons. The second-order valence-corrected chi connectivity index (χ2v) is 13.8. The number of furan rings is 3. The Bertz CT molecular complexity index is 3700. The van der Waals surface area contributed by atoms with Gasteiger partial charge in [-0.05, 0) is 66.7 Å². The molecule has 0 saturated heterocycles. The topological polar surface area (TPSA) is 75.1 Å². The molecule has 0 fully saturated rings. The lowest BCUT2D eigenvalue weighted by molar-refractivity contribution is 0.662. The van der Waals surface area contributed by atoms with Gasteiger partial charge < -0.3 is 17.8 Å². The van der Waals surface area contributed by atoms with Crippen LogP contribution in [0.1, 0.15) is 0 Å². The van der Waals surface area contributed by atoms with E-state index in [0.717, 1.165) is 110 Å². The maximum absolute atomic E-state index is 6.70. The van der Waals surface area contributed by atoms with E-state index in [2.05, 4.69) is 118 Å². The Morgan fingerprint density at radius 1 is 0.358 bits per heavy atom. The summed E-state index contributed by atoms with van der Waals surface area (Å²) in [6, 6.07) is 48.5. The summed E-state index contributed by atoms with van der Waals surface area (Å²) in [6.07, 6.45) is 1.65. The summed E-state index contributed by atoms with van der Waals surface area (Å²) in [7, 11) is 0. The molecule has 6 aromatic heterocycles. The van der Waals surface area contributed by atoms with Gasteiger partial charge in [0.05, 0.1) is 22.1 Å². The molecule has 13 rings (SSSR count). The maximum Gasteiger partial charge on any atom is 0.197 e. The minimum atomic E-state index is 0.633. The van der Waals surface area contributed by atoms with E-state index in [0.29, 0.717) is 11.4 Å². The molecule has 0 spiro atoms. The minimum Gasteiger partial charge on any atom is -0.456 e. The van der Waals surface area contributed by atoms with Crippen molar-refractivity contribution in [2.45, 2.75) is 0 Å². The number of fused-ring (bicyclic) bond motifs is 15. The summed E-state index contributed by atoms with van der Waals surface area (Å²) in [4.78, 5) is 9.74. The quantitative estimate of drug-likeness (QED) is 0.182. The summed E-state index contributed by atoms with van der Waals surface area (Å²) in [6.45, 7) is 0. The van der Waals surface area contributed by atoms with Crippen molar-refractivity contribution in [3.05, 3.63) is 146 Å². The van der Waals surface area contributed by atoms with E-state index < -0.39 is 0 Å². The summed E-state index contributed by atoms with van der Waals surface area (Å²) < 4.78 is 23.9. The van der Waals surface area contributed by atoms with Crippen LogP contribution in [0.4, 0.5) is 0 Å². The molecule has 0 saturated carbocycles. The Morgan fingerprint density at radius 3 is 1.57 bits per heavy atom. The Hall–Kier alpha value is -7.38. The predicted octanol–water partition coefficient (Wildman–Crippen LogP) is 12.4. The van der Waals surface area contributed by atoms with Crippen molar-refractivity contribution in [2.75, 3.05) is 0 Å². The van der Waals surface area contributed by atoms with E-state index in [-0.39, 0.29) is 0 Å². The van der Waals surface area contributed by atoms with Crippen LogP contribution in [0.3, 0.4) is 0 Å². The third-order valence-corrected chi connectivity index (χ3v) is 11.0. The fourth-order valence-corrected chi connectivity index (χ4v) is 8.73. The van der Waals surface area contributed by atoms with Gasteiger partial charge in [0.1, 0.15) is 39.8 Å². The smallest absolute Gasteiger partial charge is 0.197 e. The molecule has 7 nitrogen and oxygen atoms in total. The fraction of sp³-hybridized carbons (Fsp3) is 0. The molecule has 53 heavy (non-hydrogen) atoms. The van der Waals surface area contributed by atoms with Gasteiger partial charge >= 0.3 is 0 Å². The lowest BCUT2D eigenvalue weighted by Crippen LogP contribution is -1.98. The molecule has 0 unspecified atom stereocenters. The Labute approximate surface area is 298 Å². The maximum atomic E-state index is 6.70. The van der Waals surface area contributed by atoms with Crippen LogP contribution < -0.4 is 0 Å². The van der Waals surface area contributed by atoms with E-state index >= 15 is 0 Å². The van der Waals surface area contributed by atoms with Crippen molar-refractivity contribution in [3.63, 3.8) is 0 Å². The molecule has 0 aliphatic rings. The average molecular weight is 681 g/mol. The molecule has 0 aliphatic heterocycles. The molecule has 246 valence electrons. The van der Waals surface area contributed by atoms with Crippen molar-refractivity contribution in [1.29, 1.82) is 0 Å². The SMILES string of the molecule is c1ccc2c(c1)oc1cc3c4ccccc4n(-c4ccc5oc6c(-n7c8ccccc8c8cc9oc%10ccccc%10c9cc87)ncnc6c5c4)c3cc12. The van der Waals surface area contributed by atoms with Gasteiger partial charge in [-0.15, -0.1) is 0 Å². The van der Waals surface area contributed by atoms with Gasteiger partial charge in [0.2, 0.25) is 0 Å². The van der Waals surface area contributed by atoms with Crippen molar-refractivity contribution < 1.29 is 13.3 Å². The van der Waals surface area contributed by atoms with Crippen LogP contribution in [-0.4, -0.2) is 19.1 Å². The number of hydrogen-bond acceptors (Lipinski definition) is 5. The Morgan fingerprint density at radius 2 is 0.906 bits per heavy atom. The second kappa shape index (κ2) is 9.69. The first-order valence-electron chi connectivity index (χ1n) is 17.6. The zero-order chi connectivity index (χ0) is 34.4. The van der Waals surface area contributed by atoms with Crippen LogP contribution >= 0.6 is 0 Å². The number of aromatic nitrogens is 4. The van der Waals surface area contributed by atoms with E-state index in [1.165, 1.54) is 0 Å². The van der Waals surface area contributed by atoms with Crippen LogP contribution in [0.25, 0.3) is 121 Å². The first-order valence-corrected chi connectivity index (χ1v) is 17.6. The molecular weight excluding hydrogens is 657 g/mol. The molecule has 0 aliphatic carbocycles. The zero-order valence-corrected chi connectivity index (χ0v) is 27.9. The van der Waals surface area contributed by atoms with Crippen molar-refractivity contribution in [3.8, 4) is 11.5 Å². The highest BCUT2D eigenvalue weighted by atomic mass is 16.3. The summed E-state index contributed by atoms with van der Waals surface area (Å²) in [5.74, 6) is 0.692. The third kappa shape index (κ3) is 3.53. The van der Waals surface area contributed by atoms with Gasteiger partial charge in [-0.2, -0.15) is 0 Å². The number of para-hydroxylation sites is 4. The van der Waals surface area contributed by atoms with Crippen molar-refractivity contribution >= 4 is 110 Å². The summed E-state index contributed by atoms with van der Waals surface area (Å²) >= 11 is 0. The highest BCUT2D eigenvalue weighted by Crippen LogP contribution is 2.42. The monoisotopic (exact) mass is 680 g/mol. The summed E-state index contributed by atoms with van der Waals surface area (Å²) in [5.41, 5.74) is 10.9. The average Bonchev–Trinajstić information content (AvgIpc) is 4.00. The Kier molecular flexibility index (Phi) is 5.00. The second-order valence-electron chi connectivity index (χ2n) is 13.8. The highest BCUT2D eigenvalue weighted by Gasteiger charge is 2.22. The predicted molar refractivity (Wildman–Crippen MR) is 213 cm³/mol. The molecule has 7 heteroatoms. The molecule has 13 aromatic rings. The van der Waals surface area contributed by atoms with Crippen LogP contribution in [0.5, 0.6) is 0 Å². The van der Waals surface area contributed by atoms with Crippen molar-refractivity contribution in [1.82, 2.24) is 19.1 Å². The fourth-order valence-electron chi connectivity index (χ4n) is 8.73. The Balaban J connectivity index is 1.08. The summed E-state index contributed by atoms with van der Waals surface area (Å²) in [5, 5.41) is 9.76. The third-order valence-electron chi connectivity index (χ3n) is 11.0. The lowest BCUT2D eigenvalue weighted by atomic mass is 10.1. The molecule has 0 bridgehead atoms. The first-order chi connectivity index (χ1) is 26.3. The first kappa shape index (κ1) is 27.4. The zero-order valence-electron chi connectivity index (χ0n) is 27.9. The molecular formula is C46H24N4O3. The molecule has 0 amide bonds. The van der Waals surface area contributed by atoms with Gasteiger partial charge in [0.25, 0.3) is 0 Å². The van der Waals surface area contributed by atoms with Gasteiger partial charge in [-0.1, -0.05) is 72.8 Å². The van der Waals surface area contributed by atoms with Crippen LogP contribution in [0.15, 0.2) is 159 Å². The van der Waals surface area contributed by atoms with Gasteiger partial charge in [0, 0.05) is 54.2 Å². The lowest BCUT2D eigenvalue weighted by Gasteiger charge is -2.08. The van der Waals surface area contributed by atoms with E-state index in [1.54, 1.807) is 6.33 Å². The van der Waals surface area contributed by atoms with E-state index in [1.807, 2.05) is 30.3 Å². The standard InChI is InChI=1S/C46H24N4O3/c1-5-13-35-26(9-1)30-22-42-32(28-11-3-7-15-39(28)51-42)20-37(30)49(35)25-17-18-41-34(19-25)44-45(53-41)46(48-24-47-44)50-36-14-6-2-10-27(36)31-23-43-33(21-38(31)50)29-12-4-8-16-40(29)52-43/h1-24H. The molecule has 0 N–H and O–H groups in total. The minimum absolute atomic E-state index is 0.633. The van der Waals surface area contributed by atoms with Gasteiger partial charge in [-0.25, -0.2) is 9.97 Å². The van der Waals surface area contributed by atoms with Crippen LogP contribution in [-0.2, 0) is 0 Å². The van der Waals surface area contributed by atoms with Gasteiger partial charge in [0.15, 0.2) is 11.4 Å². The van der Waals surface area contributed by atoms with E-state index in [4.69, 9.17) is 23.2 Å². The number of hydrogen-bond donors (Lipinski definition) is 0. The van der Waals surface area contributed by atoms with Gasteiger partial charge in [-0.3, -0.25) is 4.57 Å². The van der Waals surface area contributed by atoms with Crippen LogP contribution in [0, 0.1) is 0 Å². The highest BCUT2D eigenvalue weighted by molar-refractivity contribution is 6.19. The molecule has 7 aromatic carbocycles. The largest absolute Gasteiger partial charge is 0.456 e. The van der Waals surface area contributed by atoms with Crippen molar-refractivity contribution in [2.24, 2.45) is 0 Å². The molecule has 0 atom stereocenters.